The number of H-pyrrole nitrogens is 1. The molecule has 1 saturated heterocycles. The topological polar surface area (TPSA) is 133 Å². The van der Waals surface area contributed by atoms with Crippen LogP contribution in [0, 0.1) is 11.3 Å². The minimum absolute atomic E-state index is 0.250. The molecule has 6 rings (SSSR count). The largest absolute Gasteiger partial charge is 0.354 e. The first kappa shape index (κ1) is 24.5. The summed E-state index contributed by atoms with van der Waals surface area (Å²) in [7, 11) is 0. The Bertz CT molecular complexity index is 1860. The number of hydrogen-bond donors (Lipinski definition) is 2. The number of aromatic amines is 1. The number of piperazine rings is 1. The van der Waals surface area contributed by atoms with Gasteiger partial charge in [-0.15, -0.1) is 0 Å². The van der Waals surface area contributed by atoms with Crippen molar-refractivity contribution in [3.8, 4) is 23.0 Å². The van der Waals surface area contributed by atoms with Crippen LogP contribution in [0.3, 0.4) is 0 Å². The van der Waals surface area contributed by atoms with Crippen LogP contribution in [0.1, 0.15) is 19.4 Å². The van der Waals surface area contributed by atoms with E-state index in [1.807, 2.05) is 50.2 Å². The normalized spacial score (nSPS) is 14.0. The summed E-state index contributed by atoms with van der Waals surface area (Å²) in [5.74, 6) is 0.913. The van der Waals surface area contributed by atoms with E-state index in [2.05, 4.69) is 31.2 Å². The summed E-state index contributed by atoms with van der Waals surface area (Å²) in [5.41, 5.74) is 2.39. The summed E-state index contributed by atoms with van der Waals surface area (Å²) >= 11 is 0. The number of aromatic nitrogens is 5. The number of pyridine rings is 3. The van der Waals surface area contributed by atoms with Crippen molar-refractivity contribution in [3.63, 3.8) is 0 Å². The highest BCUT2D eigenvalue weighted by Gasteiger charge is 2.21. The molecule has 5 aromatic rings. The molecule has 10 heteroatoms. The second-order valence-electron chi connectivity index (χ2n) is 10.1. The maximum Gasteiger partial charge on any atom is 0.333 e. The fourth-order valence-electron chi connectivity index (χ4n) is 4.88. The molecule has 1 aromatic carbocycles. The van der Waals surface area contributed by atoms with E-state index in [0.29, 0.717) is 27.9 Å². The lowest BCUT2D eigenvalue weighted by molar-refractivity contribution is 0.585. The third-order valence-electron chi connectivity index (χ3n) is 7.19. The Morgan fingerprint density at radius 1 is 0.949 bits per heavy atom. The number of nitriles is 1. The molecule has 0 saturated carbocycles. The maximum absolute atomic E-state index is 13.2. The molecule has 0 radical (unpaired) electrons. The zero-order valence-electron chi connectivity index (χ0n) is 21.6. The molecule has 0 atom stereocenters. The predicted molar refractivity (Wildman–Crippen MR) is 150 cm³/mol. The molecular weight excluding hydrogens is 492 g/mol. The second kappa shape index (κ2) is 9.45. The quantitative estimate of drug-likeness (QED) is 0.347. The van der Waals surface area contributed by atoms with E-state index in [1.54, 1.807) is 18.3 Å². The van der Waals surface area contributed by atoms with Gasteiger partial charge in [0, 0.05) is 44.1 Å². The Balaban J connectivity index is 1.51. The fraction of sp³-hybridized carbons (Fsp3) is 0.241. The van der Waals surface area contributed by atoms with Gasteiger partial charge in [-0.05, 0) is 55.8 Å². The Morgan fingerprint density at radius 3 is 2.41 bits per heavy atom. The van der Waals surface area contributed by atoms with Crippen molar-refractivity contribution >= 4 is 27.8 Å². The Kier molecular flexibility index (Phi) is 5.93. The van der Waals surface area contributed by atoms with E-state index in [-0.39, 0.29) is 5.39 Å². The summed E-state index contributed by atoms with van der Waals surface area (Å²) in [6.45, 7) is 7.32. The van der Waals surface area contributed by atoms with Crippen LogP contribution < -0.4 is 21.5 Å². The van der Waals surface area contributed by atoms with E-state index in [1.165, 1.54) is 10.8 Å². The van der Waals surface area contributed by atoms with Gasteiger partial charge in [0.15, 0.2) is 0 Å². The van der Waals surface area contributed by atoms with E-state index in [0.717, 1.165) is 43.1 Å². The molecule has 0 bridgehead atoms. The van der Waals surface area contributed by atoms with Gasteiger partial charge >= 0.3 is 5.69 Å². The molecule has 0 aliphatic carbocycles. The van der Waals surface area contributed by atoms with E-state index in [9.17, 15) is 14.9 Å². The molecule has 1 aliphatic heterocycles. The van der Waals surface area contributed by atoms with Gasteiger partial charge in [-0.25, -0.2) is 14.8 Å². The van der Waals surface area contributed by atoms with Gasteiger partial charge in [0.05, 0.1) is 39.3 Å². The first-order chi connectivity index (χ1) is 18.9. The highest BCUT2D eigenvalue weighted by atomic mass is 16.2. The number of rotatable bonds is 4. The second-order valence-corrected chi connectivity index (χ2v) is 10.1. The third kappa shape index (κ3) is 4.32. The predicted octanol–water partition coefficient (Wildman–Crippen LogP) is 2.89. The average molecular weight is 519 g/mol. The minimum Gasteiger partial charge on any atom is -0.354 e. The van der Waals surface area contributed by atoms with Crippen molar-refractivity contribution in [1.82, 2.24) is 29.8 Å². The SMILES string of the molecule is CC(C)(C#N)c1ccc(-n2c(=O)[nH]c(=O)c3cnc4ccc(-c5ccc(N6CCNCC6)nc5)nc4c32)cc1. The lowest BCUT2D eigenvalue weighted by Crippen LogP contribution is -2.43. The van der Waals surface area contributed by atoms with Crippen molar-refractivity contribution in [2.45, 2.75) is 19.3 Å². The maximum atomic E-state index is 13.2. The highest BCUT2D eigenvalue weighted by molar-refractivity contribution is 6.01. The molecular formula is C29H26N8O2. The lowest BCUT2D eigenvalue weighted by Gasteiger charge is -2.28. The molecule has 2 N–H and O–H groups in total. The van der Waals surface area contributed by atoms with Gasteiger partial charge in [0.1, 0.15) is 11.3 Å². The van der Waals surface area contributed by atoms with Crippen molar-refractivity contribution in [3.05, 3.63) is 87.3 Å². The summed E-state index contributed by atoms with van der Waals surface area (Å²) in [6.07, 6.45) is 3.25. The highest BCUT2D eigenvalue weighted by Crippen LogP contribution is 2.27. The molecule has 0 unspecified atom stereocenters. The summed E-state index contributed by atoms with van der Waals surface area (Å²) in [4.78, 5) is 44.6. The van der Waals surface area contributed by atoms with Crippen LogP contribution in [0.4, 0.5) is 5.82 Å². The number of nitrogens with one attached hydrogen (secondary N) is 2. The zero-order valence-corrected chi connectivity index (χ0v) is 21.6. The Morgan fingerprint density at radius 2 is 1.72 bits per heavy atom. The van der Waals surface area contributed by atoms with Crippen molar-refractivity contribution in [2.75, 3.05) is 31.1 Å². The van der Waals surface area contributed by atoms with Crippen LogP contribution >= 0.6 is 0 Å². The van der Waals surface area contributed by atoms with E-state index in [4.69, 9.17) is 4.98 Å². The Hall–Kier alpha value is -4.88. The molecule has 5 heterocycles. The van der Waals surface area contributed by atoms with Crippen LogP contribution in [-0.4, -0.2) is 50.7 Å². The minimum atomic E-state index is -0.682. The number of hydrogen-bond acceptors (Lipinski definition) is 8. The van der Waals surface area contributed by atoms with E-state index < -0.39 is 16.7 Å². The van der Waals surface area contributed by atoms with Crippen LogP contribution in [0.15, 0.2) is 70.5 Å². The summed E-state index contributed by atoms with van der Waals surface area (Å²) in [6, 6.07) is 17.1. The average Bonchev–Trinajstić information content (AvgIpc) is 2.97. The van der Waals surface area contributed by atoms with Gasteiger partial charge in [-0.1, -0.05) is 12.1 Å². The van der Waals surface area contributed by atoms with Gasteiger partial charge in [0.25, 0.3) is 5.56 Å². The molecule has 194 valence electrons. The number of anilines is 1. The monoisotopic (exact) mass is 518 g/mol. The van der Waals surface area contributed by atoms with E-state index >= 15 is 0 Å². The van der Waals surface area contributed by atoms with Gasteiger partial charge in [-0.3, -0.25) is 19.3 Å². The molecule has 0 amide bonds. The third-order valence-corrected chi connectivity index (χ3v) is 7.19. The number of fused-ring (bicyclic) bond motifs is 3. The zero-order chi connectivity index (χ0) is 27.1. The molecule has 39 heavy (non-hydrogen) atoms. The van der Waals surface area contributed by atoms with Crippen LogP contribution in [0.5, 0.6) is 0 Å². The molecule has 0 spiro atoms. The first-order valence-corrected chi connectivity index (χ1v) is 12.7. The smallest absolute Gasteiger partial charge is 0.333 e. The standard InChI is InChI=1S/C29H26N8O2/c1-29(2,17-30)19-4-6-20(7-5-19)37-26-21(27(38)35-28(37)39)16-32-23-9-8-22(34-25(23)26)18-3-10-24(33-15-18)36-13-11-31-12-14-36/h3-10,15-16,31H,11-14H2,1-2H3,(H,35,38,39). The number of nitrogens with zero attached hydrogens (tertiary/aromatic N) is 6. The van der Waals surface area contributed by atoms with Crippen molar-refractivity contribution < 1.29 is 0 Å². The van der Waals surface area contributed by atoms with Crippen LogP contribution in [0.25, 0.3) is 38.9 Å². The molecule has 1 fully saturated rings. The lowest BCUT2D eigenvalue weighted by atomic mass is 9.86. The molecule has 10 nitrogen and oxygen atoms in total. The van der Waals surface area contributed by atoms with Crippen LogP contribution in [-0.2, 0) is 5.41 Å². The molecule has 1 aliphatic rings. The molecule has 4 aromatic heterocycles. The summed E-state index contributed by atoms with van der Waals surface area (Å²) in [5, 5.41) is 13.1. The fourth-order valence-corrected chi connectivity index (χ4v) is 4.88. The summed E-state index contributed by atoms with van der Waals surface area (Å²) < 4.78 is 1.44. The van der Waals surface area contributed by atoms with Gasteiger partial charge in [-0.2, -0.15) is 5.26 Å². The van der Waals surface area contributed by atoms with Crippen molar-refractivity contribution in [1.29, 1.82) is 5.26 Å². The van der Waals surface area contributed by atoms with Gasteiger partial charge in [0.2, 0.25) is 0 Å². The Labute approximate surface area is 223 Å². The van der Waals surface area contributed by atoms with Gasteiger partial charge < -0.3 is 10.2 Å². The van der Waals surface area contributed by atoms with Crippen molar-refractivity contribution in [2.24, 2.45) is 0 Å². The first-order valence-electron chi connectivity index (χ1n) is 12.7. The number of benzene rings is 1. The van der Waals surface area contributed by atoms with Crippen LogP contribution in [0.2, 0.25) is 0 Å².